The Balaban J connectivity index is 1.90. The molecule has 0 saturated carbocycles. The van der Waals surface area contributed by atoms with Crippen molar-refractivity contribution in [3.63, 3.8) is 0 Å². The van der Waals surface area contributed by atoms with Gasteiger partial charge in [-0.25, -0.2) is 8.42 Å². The van der Waals surface area contributed by atoms with E-state index in [2.05, 4.69) is 5.32 Å². The third kappa shape index (κ3) is 5.97. The number of halogens is 1. The fraction of sp³-hybridized carbons (Fsp3) is 0.240. The predicted octanol–water partition coefficient (Wildman–Crippen LogP) is 5.14. The molecule has 0 saturated heterocycles. The molecule has 5 nitrogen and oxygen atoms in total. The van der Waals surface area contributed by atoms with Gasteiger partial charge in [0.25, 0.3) is 0 Å². The predicted molar refractivity (Wildman–Crippen MR) is 130 cm³/mol. The van der Waals surface area contributed by atoms with E-state index in [1.807, 2.05) is 49.4 Å². The summed E-state index contributed by atoms with van der Waals surface area (Å²) >= 11 is 5.99. The van der Waals surface area contributed by atoms with Gasteiger partial charge in [-0.3, -0.25) is 4.79 Å². The average Bonchev–Trinajstić information content (AvgIpc) is 2.70. The zero-order valence-corrected chi connectivity index (χ0v) is 20.0. The third-order valence-electron chi connectivity index (χ3n) is 5.12. The van der Waals surface area contributed by atoms with E-state index in [9.17, 15) is 13.2 Å². The van der Waals surface area contributed by atoms with Gasteiger partial charge in [0.15, 0.2) is 0 Å². The number of aryl methyl sites for hydroxylation is 3. The van der Waals surface area contributed by atoms with Crippen molar-refractivity contribution < 1.29 is 13.2 Å². The second-order valence-corrected chi connectivity index (χ2v) is 10.2. The van der Waals surface area contributed by atoms with Crippen LogP contribution in [0.3, 0.4) is 0 Å². The summed E-state index contributed by atoms with van der Waals surface area (Å²) in [5.41, 5.74) is 3.85. The van der Waals surface area contributed by atoms with Crippen LogP contribution in [0.5, 0.6) is 0 Å². The van der Waals surface area contributed by atoms with Crippen molar-refractivity contribution in [3.8, 4) is 0 Å². The molecular formula is C25H27ClN2O3S. The maximum Gasteiger partial charge on any atom is 0.244 e. The summed E-state index contributed by atoms with van der Waals surface area (Å²) in [7, 11) is -3.90. The van der Waals surface area contributed by atoms with Gasteiger partial charge in [0.05, 0.1) is 11.4 Å². The minimum atomic E-state index is -3.90. The topological polar surface area (TPSA) is 66.5 Å². The van der Waals surface area contributed by atoms with Gasteiger partial charge in [-0.1, -0.05) is 65.7 Å². The first kappa shape index (κ1) is 24.0. The van der Waals surface area contributed by atoms with E-state index < -0.39 is 15.9 Å². The zero-order chi connectivity index (χ0) is 23.3. The summed E-state index contributed by atoms with van der Waals surface area (Å²) < 4.78 is 28.6. The average molecular weight is 471 g/mol. The van der Waals surface area contributed by atoms with Crippen molar-refractivity contribution in [3.05, 3.63) is 94.0 Å². The summed E-state index contributed by atoms with van der Waals surface area (Å²) in [5, 5.41) is 3.23. The number of hydrogen-bond acceptors (Lipinski definition) is 3. The molecule has 0 fully saturated rings. The lowest BCUT2D eigenvalue weighted by molar-refractivity contribution is -0.116. The summed E-state index contributed by atoms with van der Waals surface area (Å²) in [4.78, 5) is 13.0. The molecule has 3 aromatic carbocycles. The normalized spacial score (nSPS) is 11.5. The lowest BCUT2D eigenvalue weighted by atomic mass is 10.1. The number of amides is 1. The summed E-state index contributed by atoms with van der Waals surface area (Å²) in [6.07, 6.45) is 0.495. The number of nitrogens with zero attached hydrogens (tertiary/aromatic N) is 1. The molecule has 0 heterocycles. The van der Waals surface area contributed by atoms with Gasteiger partial charge >= 0.3 is 0 Å². The molecule has 32 heavy (non-hydrogen) atoms. The van der Waals surface area contributed by atoms with Gasteiger partial charge in [-0.05, 0) is 62.1 Å². The van der Waals surface area contributed by atoms with E-state index >= 15 is 0 Å². The molecule has 7 heteroatoms. The summed E-state index contributed by atoms with van der Waals surface area (Å²) in [6.45, 7) is 5.39. The van der Waals surface area contributed by atoms with Crippen molar-refractivity contribution in [1.29, 1.82) is 0 Å². The first-order valence-electron chi connectivity index (χ1n) is 10.3. The second kappa shape index (κ2) is 10.3. The second-order valence-electron chi connectivity index (χ2n) is 7.86. The Hall–Kier alpha value is -2.67. The van der Waals surface area contributed by atoms with Crippen LogP contribution in [-0.2, 0) is 21.2 Å². The van der Waals surface area contributed by atoms with Crippen LogP contribution in [0.1, 0.15) is 22.3 Å². The van der Waals surface area contributed by atoms with Gasteiger partial charge in [0.2, 0.25) is 15.9 Å². The summed E-state index contributed by atoms with van der Waals surface area (Å²) in [6, 6.07) is 20.1. The standard InChI is InChI=1S/C25H27ClN2O3S/c1-18-14-19(2)25(20(3)15-18)32(30,31)28(13-12-21-8-5-4-6-9-21)17-24(29)27-23-11-7-10-22(26)16-23/h4-11,14-16H,12-13,17H2,1-3H3,(H,27,29). The molecule has 3 rings (SSSR count). The van der Waals surface area contributed by atoms with Crippen LogP contribution in [0.15, 0.2) is 71.6 Å². The molecule has 0 aliphatic carbocycles. The molecule has 0 aromatic heterocycles. The Kier molecular flexibility index (Phi) is 7.72. The number of carbonyl (C=O) groups is 1. The number of carbonyl (C=O) groups excluding carboxylic acids is 1. The molecule has 0 aliphatic rings. The summed E-state index contributed by atoms with van der Waals surface area (Å²) in [5.74, 6) is -0.425. The van der Waals surface area contributed by atoms with Crippen LogP contribution in [0.2, 0.25) is 5.02 Å². The highest BCUT2D eigenvalue weighted by Gasteiger charge is 2.29. The molecule has 1 amide bonds. The van der Waals surface area contributed by atoms with E-state index in [0.717, 1.165) is 11.1 Å². The fourth-order valence-corrected chi connectivity index (χ4v) is 5.81. The SMILES string of the molecule is Cc1cc(C)c(S(=O)(=O)N(CCc2ccccc2)CC(=O)Nc2cccc(Cl)c2)c(C)c1. The van der Waals surface area contributed by atoms with Gasteiger partial charge in [0.1, 0.15) is 0 Å². The Labute approximate surface area is 195 Å². The van der Waals surface area contributed by atoms with Crippen LogP contribution in [0.4, 0.5) is 5.69 Å². The van der Waals surface area contributed by atoms with E-state index in [4.69, 9.17) is 11.6 Å². The lowest BCUT2D eigenvalue weighted by Gasteiger charge is -2.24. The Morgan fingerprint density at radius 2 is 1.59 bits per heavy atom. The first-order chi connectivity index (χ1) is 15.2. The molecule has 0 spiro atoms. The number of sulfonamides is 1. The molecular weight excluding hydrogens is 444 g/mol. The highest BCUT2D eigenvalue weighted by Crippen LogP contribution is 2.26. The van der Waals surface area contributed by atoms with Gasteiger partial charge in [0, 0.05) is 17.3 Å². The minimum absolute atomic E-state index is 0.183. The van der Waals surface area contributed by atoms with Crippen molar-refractivity contribution in [2.24, 2.45) is 0 Å². The van der Waals surface area contributed by atoms with Crippen LogP contribution >= 0.6 is 11.6 Å². The third-order valence-corrected chi connectivity index (χ3v) is 7.51. The zero-order valence-electron chi connectivity index (χ0n) is 18.4. The highest BCUT2D eigenvalue weighted by molar-refractivity contribution is 7.89. The van der Waals surface area contributed by atoms with E-state index in [0.29, 0.717) is 28.3 Å². The maximum atomic E-state index is 13.7. The van der Waals surface area contributed by atoms with Gasteiger partial charge in [-0.2, -0.15) is 4.31 Å². The van der Waals surface area contributed by atoms with Crippen molar-refractivity contribution in [2.75, 3.05) is 18.4 Å². The molecule has 0 unspecified atom stereocenters. The minimum Gasteiger partial charge on any atom is -0.325 e. The Morgan fingerprint density at radius 3 is 2.22 bits per heavy atom. The van der Waals surface area contributed by atoms with Crippen LogP contribution in [-0.4, -0.2) is 31.7 Å². The first-order valence-corrected chi connectivity index (χ1v) is 12.2. The molecule has 3 aromatic rings. The fourth-order valence-electron chi connectivity index (χ4n) is 3.81. The Bertz CT molecular complexity index is 1190. The molecule has 1 N–H and O–H groups in total. The van der Waals surface area contributed by atoms with Crippen molar-refractivity contribution >= 4 is 33.2 Å². The molecule has 168 valence electrons. The van der Waals surface area contributed by atoms with Crippen LogP contribution in [0.25, 0.3) is 0 Å². The smallest absolute Gasteiger partial charge is 0.244 e. The quantitative estimate of drug-likeness (QED) is 0.495. The number of nitrogens with one attached hydrogen (secondary N) is 1. The molecule has 0 aliphatic heterocycles. The van der Waals surface area contributed by atoms with E-state index in [1.165, 1.54) is 4.31 Å². The number of hydrogen-bond donors (Lipinski definition) is 1. The number of benzene rings is 3. The number of anilines is 1. The van der Waals surface area contributed by atoms with Crippen LogP contribution < -0.4 is 5.32 Å². The van der Waals surface area contributed by atoms with Crippen molar-refractivity contribution in [2.45, 2.75) is 32.1 Å². The van der Waals surface area contributed by atoms with Gasteiger partial charge < -0.3 is 5.32 Å². The van der Waals surface area contributed by atoms with E-state index in [1.54, 1.807) is 38.1 Å². The Morgan fingerprint density at radius 1 is 0.938 bits per heavy atom. The van der Waals surface area contributed by atoms with Gasteiger partial charge in [-0.15, -0.1) is 0 Å². The molecule has 0 bridgehead atoms. The van der Waals surface area contributed by atoms with Crippen LogP contribution in [0, 0.1) is 20.8 Å². The lowest BCUT2D eigenvalue weighted by Crippen LogP contribution is -2.39. The largest absolute Gasteiger partial charge is 0.325 e. The highest BCUT2D eigenvalue weighted by atomic mass is 35.5. The molecule has 0 radical (unpaired) electrons. The van der Waals surface area contributed by atoms with Crippen molar-refractivity contribution in [1.82, 2.24) is 4.31 Å². The monoisotopic (exact) mass is 470 g/mol. The molecule has 0 atom stereocenters. The maximum absolute atomic E-state index is 13.7. The van der Waals surface area contributed by atoms with E-state index in [-0.39, 0.29) is 18.0 Å². The number of rotatable bonds is 8.